The average molecular weight is 358 g/mol. The van der Waals surface area contributed by atoms with Crippen molar-refractivity contribution < 1.29 is 9.53 Å². The number of carbonyl (C=O) groups excluding carboxylic acids is 1. The van der Waals surface area contributed by atoms with Gasteiger partial charge in [0.05, 0.1) is 17.8 Å². The van der Waals surface area contributed by atoms with Gasteiger partial charge in [-0.05, 0) is 23.8 Å². The van der Waals surface area contributed by atoms with Crippen molar-refractivity contribution in [2.75, 3.05) is 19.0 Å². The Labute approximate surface area is 151 Å². The van der Waals surface area contributed by atoms with Crippen LogP contribution in [0.3, 0.4) is 0 Å². The third-order valence-electron chi connectivity index (χ3n) is 3.94. The van der Waals surface area contributed by atoms with Gasteiger partial charge < -0.3 is 19.9 Å². The number of halogens is 1. The van der Waals surface area contributed by atoms with Crippen LogP contribution in [0, 0.1) is 0 Å². The standard InChI is InChI=1S/C19H20ClN3O2/c1-25-11-10-23-13-17(16-4-2-3-5-18(16)23)22-19(24)21-12-14-6-8-15(20)9-7-14/h2-9,13H,10-12H2,1H3,(H2,21,22,24). The van der Waals surface area contributed by atoms with Gasteiger partial charge in [-0.1, -0.05) is 41.9 Å². The molecule has 1 heterocycles. The average Bonchev–Trinajstić information content (AvgIpc) is 2.97. The minimum Gasteiger partial charge on any atom is -0.383 e. The molecule has 0 aliphatic carbocycles. The summed E-state index contributed by atoms with van der Waals surface area (Å²) in [5.74, 6) is 0. The number of amides is 2. The van der Waals surface area contributed by atoms with Crippen LogP contribution in [-0.4, -0.2) is 24.3 Å². The van der Waals surface area contributed by atoms with Crippen molar-refractivity contribution in [3.63, 3.8) is 0 Å². The zero-order valence-electron chi connectivity index (χ0n) is 14.0. The van der Waals surface area contributed by atoms with Crippen LogP contribution in [0.1, 0.15) is 5.56 Å². The Morgan fingerprint density at radius 3 is 2.68 bits per heavy atom. The Balaban J connectivity index is 1.69. The quantitative estimate of drug-likeness (QED) is 0.692. The molecule has 5 nitrogen and oxygen atoms in total. The number of ether oxygens (including phenoxy) is 1. The van der Waals surface area contributed by atoms with Crippen molar-refractivity contribution in [3.05, 3.63) is 65.3 Å². The van der Waals surface area contributed by atoms with Crippen LogP contribution in [-0.2, 0) is 17.8 Å². The first-order chi connectivity index (χ1) is 12.2. The molecule has 6 heteroatoms. The van der Waals surface area contributed by atoms with Gasteiger partial charge in [0.25, 0.3) is 0 Å². The fourth-order valence-corrected chi connectivity index (χ4v) is 2.80. The summed E-state index contributed by atoms with van der Waals surface area (Å²) < 4.78 is 7.23. The molecule has 2 N–H and O–H groups in total. The molecule has 25 heavy (non-hydrogen) atoms. The molecular weight excluding hydrogens is 338 g/mol. The van der Waals surface area contributed by atoms with Gasteiger partial charge in [-0.2, -0.15) is 0 Å². The van der Waals surface area contributed by atoms with E-state index in [1.54, 1.807) is 19.2 Å². The number of hydrogen-bond donors (Lipinski definition) is 2. The van der Waals surface area contributed by atoms with Gasteiger partial charge in [-0.25, -0.2) is 4.79 Å². The van der Waals surface area contributed by atoms with Crippen molar-refractivity contribution in [1.29, 1.82) is 0 Å². The van der Waals surface area contributed by atoms with E-state index in [0.717, 1.165) is 28.7 Å². The predicted octanol–water partition coefficient (Wildman–Crippen LogP) is 4.26. The molecule has 0 aliphatic heterocycles. The lowest BCUT2D eigenvalue weighted by Crippen LogP contribution is -2.28. The lowest BCUT2D eigenvalue weighted by Gasteiger charge is -2.07. The van der Waals surface area contributed by atoms with E-state index in [0.29, 0.717) is 18.2 Å². The monoisotopic (exact) mass is 357 g/mol. The van der Waals surface area contributed by atoms with Gasteiger partial charge in [0.15, 0.2) is 0 Å². The van der Waals surface area contributed by atoms with E-state index in [9.17, 15) is 4.79 Å². The largest absolute Gasteiger partial charge is 0.383 e. The third kappa shape index (κ3) is 4.32. The van der Waals surface area contributed by atoms with Crippen molar-refractivity contribution >= 4 is 34.2 Å². The maximum atomic E-state index is 12.2. The zero-order valence-corrected chi connectivity index (χ0v) is 14.7. The van der Waals surface area contributed by atoms with Gasteiger partial charge in [-0.15, -0.1) is 0 Å². The number of rotatable bonds is 6. The van der Waals surface area contributed by atoms with Crippen LogP contribution in [0.2, 0.25) is 5.02 Å². The second kappa shape index (κ2) is 8.05. The molecule has 2 aromatic carbocycles. The number of nitrogens with zero attached hydrogens (tertiary/aromatic N) is 1. The lowest BCUT2D eigenvalue weighted by atomic mass is 10.2. The number of fused-ring (bicyclic) bond motifs is 1. The van der Waals surface area contributed by atoms with E-state index >= 15 is 0 Å². The number of nitrogens with one attached hydrogen (secondary N) is 2. The van der Waals surface area contributed by atoms with Gasteiger partial charge in [0.1, 0.15) is 0 Å². The van der Waals surface area contributed by atoms with Crippen molar-refractivity contribution in [1.82, 2.24) is 9.88 Å². The van der Waals surface area contributed by atoms with Gasteiger partial charge in [0, 0.05) is 36.8 Å². The normalized spacial score (nSPS) is 10.8. The molecule has 2 amide bonds. The fourth-order valence-electron chi connectivity index (χ4n) is 2.67. The second-order valence-electron chi connectivity index (χ2n) is 5.68. The highest BCUT2D eigenvalue weighted by atomic mass is 35.5. The number of hydrogen-bond acceptors (Lipinski definition) is 2. The topological polar surface area (TPSA) is 55.3 Å². The van der Waals surface area contributed by atoms with Crippen LogP contribution in [0.4, 0.5) is 10.5 Å². The third-order valence-corrected chi connectivity index (χ3v) is 4.19. The lowest BCUT2D eigenvalue weighted by molar-refractivity contribution is 0.188. The maximum absolute atomic E-state index is 12.2. The Morgan fingerprint density at radius 2 is 1.92 bits per heavy atom. The summed E-state index contributed by atoms with van der Waals surface area (Å²) >= 11 is 5.86. The highest BCUT2D eigenvalue weighted by Crippen LogP contribution is 2.25. The Kier molecular flexibility index (Phi) is 5.58. The molecule has 0 unspecified atom stereocenters. The number of aromatic nitrogens is 1. The number of methoxy groups -OCH3 is 1. The first-order valence-electron chi connectivity index (χ1n) is 8.03. The van der Waals surface area contributed by atoms with Gasteiger partial charge >= 0.3 is 6.03 Å². The summed E-state index contributed by atoms with van der Waals surface area (Å²) in [6, 6.07) is 15.1. The van der Waals surface area contributed by atoms with Crippen molar-refractivity contribution in [2.24, 2.45) is 0 Å². The van der Waals surface area contributed by atoms with Crippen LogP contribution < -0.4 is 10.6 Å². The Hall–Kier alpha value is -2.50. The summed E-state index contributed by atoms with van der Waals surface area (Å²) in [7, 11) is 1.68. The minimum atomic E-state index is -0.246. The number of anilines is 1. The van der Waals surface area contributed by atoms with Gasteiger partial charge in [0.2, 0.25) is 0 Å². The zero-order chi connectivity index (χ0) is 17.6. The molecular formula is C19H20ClN3O2. The number of para-hydroxylation sites is 1. The molecule has 3 rings (SSSR count). The fraction of sp³-hybridized carbons (Fsp3) is 0.211. The second-order valence-corrected chi connectivity index (χ2v) is 6.12. The molecule has 0 atom stereocenters. The van der Waals surface area contributed by atoms with Gasteiger partial charge in [-0.3, -0.25) is 0 Å². The van der Waals surface area contributed by atoms with E-state index in [-0.39, 0.29) is 6.03 Å². The molecule has 0 radical (unpaired) electrons. The SMILES string of the molecule is COCCn1cc(NC(=O)NCc2ccc(Cl)cc2)c2ccccc21. The number of carbonyl (C=O) groups is 1. The molecule has 130 valence electrons. The first kappa shape index (κ1) is 17.3. The maximum Gasteiger partial charge on any atom is 0.319 e. The van der Waals surface area contributed by atoms with E-state index in [1.807, 2.05) is 42.6 Å². The summed E-state index contributed by atoms with van der Waals surface area (Å²) in [6.45, 7) is 1.78. The number of benzene rings is 2. The van der Waals surface area contributed by atoms with Crippen LogP contribution in [0.15, 0.2) is 54.7 Å². The van der Waals surface area contributed by atoms with Crippen LogP contribution in [0.25, 0.3) is 10.9 Å². The van der Waals surface area contributed by atoms with Crippen molar-refractivity contribution in [3.8, 4) is 0 Å². The smallest absolute Gasteiger partial charge is 0.319 e. The van der Waals surface area contributed by atoms with E-state index in [4.69, 9.17) is 16.3 Å². The molecule has 0 spiro atoms. The molecule has 3 aromatic rings. The molecule has 0 saturated carbocycles. The summed E-state index contributed by atoms with van der Waals surface area (Å²) in [6.07, 6.45) is 1.94. The predicted molar refractivity (Wildman–Crippen MR) is 101 cm³/mol. The highest BCUT2D eigenvalue weighted by molar-refractivity contribution is 6.30. The Bertz CT molecular complexity index is 859. The molecule has 1 aromatic heterocycles. The molecule has 0 aliphatic rings. The summed E-state index contributed by atoms with van der Waals surface area (Å²) in [4.78, 5) is 12.2. The molecule has 0 fully saturated rings. The van der Waals surface area contributed by atoms with E-state index < -0.39 is 0 Å². The van der Waals surface area contributed by atoms with Crippen LogP contribution >= 0.6 is 11.6 Å². The van der Waals surface area contributed by atoms with Crippen molar-refractivity contribution in [2.45, 2.75) is 13.1 Å². The highest BCUT2D eigenvalue weighted by Gasteiger charge is 2.10. The molecule has 0 saturated heterocycles. The Morgan fingerprint density at radius 1 is 1.16 bits per heavy atom. The van der Waals surface area contributed by atoms with Crippen LogP contribution in [0.5, 0.6) is 0 Å². The van der Waals surface area contributed by atoms with E-state index in [1.165, 1.54) is 0 Å². The first-order valence-corrected chi connectivity index (χ1v) is 8.41. The molecule has 0 bridgehead atoms. The summed E-state index contributed by atoms with van der Waals surface area (Å²) in [5.41, 5.74) is 2.83. The summed E-state index contributed by atoms with van der Waals surface area (Å²) in [5, 5.41) is 7.46. The number of urea groups is 1. The minimum absolute atomic E-state index is 0.246. The van der Waals surface area contributed by atoms with E-state index in [2.05, 4.69) is 15.2 Å².